The van der Waals surface area contributed by atoms with Crippen LogP contribution in [0.2, 0.25) is 0 Å². The monoisotopic (exact) mass is 450 g/mol. The van der Waals surface area contributed by atoms with Crippen molar-refractivity contribution in [2.24, 2.45) is 0 Å². The molecule has 1 aromatic rings. The Morgan fingerprint density at radius 1 is 1.10 bits per heavy atom. The lowest BCUT2D eigenvalue weighted by atomic mass is 10.4. The Labute approximate surface area is 171 Å². The van der Waals surface area contributed by atoms with E-state index in [0.29, 0.717) is 13.2 Å². The van der Waals surface area contributed by atoms with Crippen LogP contribution in [-0.2, 0) is 39.1 Å². The molecule has 1 heterocycles. The van der Waals surface area contributed by atoms with Crippen LogP contribution in [0.1, 0.15) is 6.92 Å². The molecule has 0 aliphatic carbocycles. The lowest BCUT2D eigenvalue weighted by Gasteiger charge is -2.26. The second-order valence-corrected chi connectivity index (χ2v) is 10.0. The summed E-state index contributed by atoms with van der Waals surface area (Å²) in [6, 6.07) is 4.92. The molecule has 1 fully saturated rings. The summed E-state index contributed by atoms with van der Waals surface area (Å²) in [5.41, 5.74) is 0. The molecule has 0 bridgehead atoms. The average molecular weight is 451 g/mol. The van der Waals surface area contributed by atoms with Crippen LogP contribution >= 0.6 is 0 Å². The molecule has 12 heteroatoms. The van der Waals surface area contributed by atoms with Crippen molar-refractivity contribution in [1.82, 2.24) is 8.61 Å². The Kier molecular flexibility index (Phi) is 8.55. The molecule has 29 heavy (non-hydrogen) atoms. The van der Waals surface area contributed by atoms with Gasteiger partial charge in [0.05, 0.1) is 36.2 Å². The van der Waals surface area contributed by atoms with Gasteiger partial charge in [0.25, 0.3) is 0 Å². The number of hydrogen-bond acceptors (Lipinski definition) is 8. The maximum absolute atomic E-state index is 12.9. The molecular weight excluding hydrogens is 424 g/mol. The summed E-state index contributed by atoms with van der Waals surface area (Å²) in [6.07, 6.45) is 0. The van der Waals surface area contributed by atoms with Gasteiger partial charge in [0.1, 0.15) is 6.54 Å². The van der Waals surface area contributed by atoms with Crippen molar-refractivity contribution in [3.63, 3.8) is 0 Å². The summed E-state index contributed by atoms with van der Waals surface area (Å²) in [4.78, 5) is 11.7. The second kappa shape index (κ2) is 10.5. The van der Waals surface area contributed by atoms with Gasteiger partial charge in [0, 0.05) is 26.7 Å². The fourth-order valence-corrected chi connectivity index (χ4v) is 5.47. The third-order valence-electron chi connectivity index (χ3n) is 4.22. The van der Waals surface area contributed by atoms with Crippen LogP contribution in [0.15, 0.2) is 34.1 Å². The molecule has 1 aliphatic heterocycles. The van der Waals surface area contributed by atoms with E-state index in [1.807, 2.05) is 0 Å². The van der Waals surface area contributed by atoms with Gasteiger partial charge in [-0.15, -0.1) is 0 Å². The molecule has 0 radical (unpaired) electrons. The molecular formula is C17H26N2O8S2. The lowest BCUT2D eigenvalue weighted by Crippen LogP contribution is -2.40. The zero-order valence-electron chi connectivity index (χ0n) is 16.4. The zero-order chi connectivity index (χ0) is 21.5. The number of carbonyl (C=O) groups excluding carboxylic acids is 1. The number of benzene rings is 1. The minimum atomic E-state index is -4.05. The third kappa shape index (κ3) is 5.96. The molecule has 10 nitrogen and oxygen atoms in total. The molecule has 0 N–H and O–H groups in total. The summed E-state index contributed by atoms with van der Waals surface area (Å²) in [5, 5.41) is 0. The largest absolute Gasteiger partial charge is 0.465 e. The number of methoxy groups -OCH3 is 1. The van der Waals surface area contributed by atoms with E-state index in [-0.39, 0.29) is 42.6 Å². The van der Waals surface area contributed by atoms with E-state index >= 15 is 0 Å². The summed E-state index contributed by atoms with van der Waals surface area (Å²) < 4.78 is 68.4. The minimum absolute atomic E-state index is 0.00724. The Morgan fingerprint density at radius 3 is 2.24 bits per heavy atom. The number of ether oxygens (including phenoxy) is 3. The molecule has 0 saturated carbocycles. The van der Waals surface area contributed by atoms with Crippen LogP contribution < -0.4 is 0 Å². The van der Waals surface area contributed by atoms with E-state index in [1.54, 1.807) is 6.92 Å². The first-order chi connectivity index (χ1) is 13.7. The molecule has 1 aromatic carbocycles. The minimum Gasteiger partial charge on any atom is -0.465 e. The first-order valence-corrected chi connectivity index (χ1v) is 11.9. The number of nitrogens with zero attached hydrogens (tertiary/aromatic N) is 2. The second-order valence-electron chi connectivity index (χ2n) is 6.12. The molecule has 0 atom stereocenters. The maximum atomic E-state index is 12.9. The molecule has 164 valence electrons. The summed E-state index contributed by atoms with van der Waals surface area (Å²) >= 11 is 0. The Morgan fingerprint density at radius 2 is 1.69 bits per heavy atom. The van der Waals surface area contributed by atoms with Gasteiger partial charge in [-0.1, -0.05) is 0 Å². The standard InChI is InChI=1S/C17H26N2O8S2/c1-3-27-17(20)14-19(8-11-25-2)29(23,24)16-6-4-15(5-7-16)28(21,22)18-9-12-26-13-10-18/h4-7H,3,8-14H2,1-2H3. The van der Waals surface area contributed by atoms with Crippen molar-refractivity contribution in [2.45, 2.75) is 16.7 Å². The molecule has 0 unspecified atom stereocenters. The normalized spacial score (nSPS) is 16.1. The van der Waals surface area contributed by atoms with Crippen molar-refractivity contribution in [3.8, 4) is 0 Å². The topological polar surface area (TPSA) is 120 Å². The lowest BCUT2D eigenvalue weighted by molar-refractivity contribution is -0.143. The Balaban J connectivity index is 2.25. The Bertz CT molecular complexity index is 879. The zero-order valence-corrected chi connectivity index (χ0v) is 18.1. The predicted molar refractivity (Wildman–Crippen MR) is 103 cm³/mol. The molecule has 2 rings (SSSR count). The highest BCUT2D eigenvalue weighted by atomic mass is 32.2. The van der Waals surface area contributed by atoms with Crippen LogP contribution in [0.5, 0.6) is 0 Å². The van der Waals surface area contributed by atoms with Gasteiger partial charge >= 0.3 is 5.97 Å². The van der Waals surface area contributed by atoms with Crippen molar-refractivity contribution < 1.29 is 35.8 Å². The smallest absolute Gasteiger partial charge is 0.321 e. The van der Waals surface area contributed by atoms with E-state index in [2.05, 4.69) is 0 Å². The van der Waals surface area contributed by atoms with Gasteiger partial charge in [-0.05, 0) is 31.2 Å². The number of carbonyl (C=O) groups is 1. The van der Waals surface area contributed by atoms with E-state index < -0.39 is 32.6 Å². The highest BCUT2D eigenvalue weighted by molar-refractivity contribution is 7.89. The number of sulfonamides is 2. The molecule has 1 aliphatic rings. The average Bonchev–Trinajstić information content (AvgIpc) is 2.72. The first-order valence-electron chi connectivity index (χ1n) is 9.06. The first kappa shape index (κ1) is 23.7. The highest BCUT2D eigenvalue weighted by Gasteiger charge is 2.29. The molecule has 0 spiro atoms. The fraction of sp³-hybridized carbons (Fsp3) is 0.588. The molecule has 1 saturated heterocycles. The predicted octanol–water partition coefficient (Wildman–Crippen LogP) is -0.0923. The summed E-state index contributed by atoms with van der Waals surface area (Å²) in [7, 11) is -6.37. The number of morpholine rings is 1. The molecule has 0 amide bonds. The third-order valence-corrected chi connectivity index (χ3v) is 8.00. The van der Waals surface area contributed by atoms with Crippen molar-refractivity contribution in [3.05, 3.63) is 24.3 Å². The van der Waals surface area contributed by atoms with E-state index in [0.717, 1.165) is 4.31 Å². The quantitative estimate of drug-likeness (QED) is 0.454. The molecule has 0 aromatic heterocycles. The number of hydrogen-bond donors (Lipinski definition) is 0. The van der Waals surface area contributed by atoms with E-state index in [4.69, 9.17) is 14.2 Å². The van der Waals surface area contributed by atoms with Gasteiger partial charge in [0.15, 0.2) is 0 Å². The van der Waals surface area contributed by atoms with Gasteiger partial charge in [-0.2, -0.15) is 8.61 Å². The van der Waals surface area contributed by atoms with E-state index in [9.17, 15) is 21.6 Å². The van der Waals surface area contributed by atoms with Crippen LogP contribution in [-0.4, -0.2) is 91.1 Å². The van der Waals surface area contributed by atoms with Crippen LogP contribution in [0.25, 0.3) is 0 Å². The van der Waals surface area contributed by atoms with Crippen molar-refractivity contribution >= 4 is 26.0 Å². The van der Waals surface area contributed by atoms with Crippen molar-refractivity contribution in [1.29, 1.82) is 0 Å². The highest BCUT2D eigenvalue weighted by Crippen LogP contribution is 2.21. The Hall–Kier alpha value is -1.57. The SMILES string of the molecule is CCOC(=O)CN(CCOC)S(=O)(=O)c1ccc(S(=O)(=O)N2CCOCC2)cc1. The van der Waals surface area contributed by atoms with Crippen LogP contribution in [0.4, 0.5) is 0 Å². The van der Waals surface area contributed by atoms with Gasteiger partial charge in [-0.3, -0.25) is 4.79 Å². The number of esters is 1. The van der Waals surface area contributed by atoms with Crippen molar-refractivity contribution in [2.75, 3.05) is 59.7 Å². The fourth-order valence-electron chi connectivity index (χ4n) is 2.70. The summed E-state index contributed by atoms with van der Waals surface area (Å²) in [6.45, 7) is 2.44. The number of rotatable bonds is 10. The van der Waals surface area contributed by atoms with Gasteiger partial charge in [-0.25, -0.2) is 16.8 Å². The van der Waals surface area contributed by atoms with E-state index in [1.165, 1.54) is 35.7 Å². The summed E-state index contributed by atoms with van der Waals surface area (Å²) in [5.74, 6) is -0.682. The van der Waals surface area contributed by atoms with Gasteiger partial charge in [0.2, 0.25) is 20.0 Å². The van der Waals surface area contributed by atoms with Crippen LogP contribution in [0, 0.1) is 0 Å². The van der Waals surface area contributed by atoms with Crippen LogP contribution in [0.3, 0.4) is 0 Å². The van der Waals surface area contributed by atoms with Gasteiger partial charge < -0.3 is 14.2 Å². The maximum Gasteiger partial charge on any atom is 0.321 e.